The van der Waals surface area contributed by atoms with Crippen LogP contribution in [0.5, 0.6) is 0 Å². The van der Waals surface area contributed by atoms with Crippen molar-refractivity contribution in [1.82, 2.24) is 0 Å². The summed E-state index contributed by atoms with van der Waals surface area (Å²) in [5, 5.41) is 8.51. The number of hydrogen-bond acceptors (Lipinski definition) is 0. The smallest absolute Gasteiger partial charge is 0.0664 e. The second-order valence-corrected chi connectivity index (χ2v) is 20.3. The van der Waals surface area contributed by atoms with Gasteiger partial charge in [-0.3, -0.25) is 0 Å². The van der Waals surface area contributed by atoms with Crippen LogP contribution >= 0.6 is 0 Å². The molecule has 0 nitrogen and oxygen atoms in total. The predicted octanol–water partition coefficient (Wildman–Crippen LogP) is 12.3. The van der Waals surface area contributed by atoms with Crippen LogP contribution in [0.1, 0.15) is 152 Å². The van der Waals surface area contributed by atoms with E-state index in [1.807, 2.05) is 0 Å². The van der Waals surface area contributed by atoms with E-state index >= 15 is 0 Å². The zero-order valence-electron chi connectivity index (χ0n) is 38.0. The molecule has 0 unspecified atom stereocenters. The molecule has 0 aromatic heterocycles. The van der Waals surface area contributed by atoms with Crippen LogP contribution in [0.3, 0.4) is 0 Å². The molecule has 0 amide bonds. The molecular formula is C58H60B2. The monoisotopic (exact) mass is 778 g/mol. The van der Waals surface area contributed by atoms with Crippen LogP contribution in [0.15, 0.2) is 109 Å². The molecule has 8 aromatic carbocycles. The summed E-state index contributed by atoms with van der Waals surface area (Å²) in [6, 6.07) is 44.0. The Morgan fingerprint density at radius 3 is 0.950 bits per heavy atom. The summed E-state index contributed by atoms with van der Waals surface area (Å²) >= 11 is 0. The summed E-state index contributed by atoms with van der Waals surface area (Å²) in [4.78, 5) is 0. The molecule has 0 saturated heterocycles. The lowest BCUT2D eigenvalue weighted by molar-refractivity contribution is 0.812. The van der Waals surface area contributed by atoms with Crippen LogP contribution in [0, 0.1) is 0 Å². The molecular weight excluding hydrogens is 718 g/mol. The van der Waals surface area contributed by atoms with Crippen molar-refractivity contribution in [3.8, 4) is 22.3 Å². The van der Waals surface area contributed by atoms with E-state index < -0.39 is 0 Å². The molecule has 0 fully saturated rings. The minimum atomic E-state index is 0.140. The molecule has 10 rings (SSSR count). The van der Waals surface area contributed by atoms with Crippen LogP contribution < -0.4 is 32.8 Å². The number of fused-ring (bicyclic) bond motifs is 4. The van der Waals surface area contributed by atoms with Gasteiger partial charge in [0.1, 0.15) is 0 Å². The van der Waals surface area contributed by atoms with E-state index in [0.29, 0.717) is 35.5 Å². The molecule has 0 radical (unpaired) electrons. The maximum atomic E-state index is 2.63. The molecule has 0 spiro atoms. The summed E-state index contributed by atoms with van der Waals surface area (Å²) in [7, 11) is 0. The Bertz CT molecular complexity index is 2750. The fourth-order valence-electron chi connectivity index (χ4n) is 11.6. The number of rotatable bonds is 8. The topological polar surface area (TPSA) is 0 Å². The molecule has 0 atom stereocenters. The van der Waals surface area contributed by atoms with Crippen molar-refractivity contribution in [2.75, 3.05) is 0 Å². The van der Waals surface area contributed by atoms with Gasteiger partial charge in [0.25, 0.3) is 0 Å². The van der Waals surface area contributed by atoms with Gasteiger partial charge in [-0.15, -0.1) is 0 Å². The SMILES string of the molecule is CC(C)c1cc(C(C)C)c(B2c3ccccc3-c3ccc4cc5c6c(ccc7cc2c3c4c76)-c2ccccc2B5c2c(C(C)C)cc(C(C)C)cc2C(C)C)c(C(C)C)c1. The van der Waals surface area contributed by atoms with Crippen molar-refractivity contribution in [1.29, 1.82) is 0 Å². The Labute approximate surface area is 360 Å². The summed E-state index contributed by atoms with van der Waals surface area (Å²) in [5.41, 5.74) is 23.3. The highest BCUT2D eigenvalue weighted by molar-refractivity contribution is 7.00. The van der Waals surface area contributed by atoms with Crippen molar-refractivity contribution in [2.45, 2.75) is 119 Å². The second kappa shape index (κ2) is 14.3. The molecule has 0 aliphatic carbocycles. The number of benzene rings is 8. The molecule has 8 aromatic rings. The molecule has 60 heavy (non-hydrogen) atoms. The average molecular weight is 779 g/mol. The van der Waals surface area contributed by atoms with Crippen molar-refractivity contribution in [3.63, 3.8) is 0 Å². The van der Waals surface area contributed by atoms with Crippen LogP contribution in [-0.2, 0) is 0 Å². The zero-order chi connectivity index (χ0) is 42.0. The Morgan fingerprint density at radius 1 is 0.300 bits per heavy atom. The highest BCUT2D eigenvalue weighted by Crippen LogP contribution is 2.44. The quantitative estimate of drug-likeness (QED) is 0.106. The Kier molecular flexibility index (Phi) is 9.29. The van der Waals surface area contributed by atoms with Gasteiger partial charge < -0.3 is 0 Å². The van der Waals surface area contributed by atoms with E-state index in [2.05, 4.69) is 192 Å². The van der Waals surface area contributed by atoms with Gasteiger partial charge in [-0.05, 0) is 123 Å². The first-order valence-corrected chi connectivity index (χ1v) is 23.1. The molecule has 298 valence electrons. The van der Waals surface area contributed by atoms with Crippen molar-refractivity contribution < 1.29 is 0 Å². The minimum Gasteiger partial charge on any atom is -0.0664 e. The first-order chi connectivity index (χ1) is 28.8. The van der Waals surface area contributed by atoms with Gasteiger partial charge in [-0.2, -0.15) is 0 Å². The van der Waals surface area contributed by atoms with Crippen molar-refractivity contribution >= 4 is 78.5 Å². The van der Waals surface area contributed by atoms with Crippen molar-refractivity contribution in [3.05, 3.63) is 143 Å². The van der Waals surface area contributed by atoms with E-state index in [4.69, 9.17) is 0 Å². The first kappa shape index (κ1) is 39.1. The molecule has 2 aliphatic rings. The third-order valence-electron chi connectivity index (χ3n) is 14.6. The van der Waals surface area contributed by atoms with E-state index in [1.165, 1.54) is 121 Å². The molecule has 2 heterocycles. The Hall–Kier alpha value is -5.07. The lowest BCUT2D eigenvalue weighted by Gasteiger charge is -2.35. The molecule has 0 bridgehead atoms. The minimum absolute atomic E-state index is 0.140. The lowest BCUT2D eigenvalue weighted by atomic mass is 9.31. The predicted molar refractivity (Wildman–Crippen MR) is 268 cm³/mol. The fraction of sp³-hybridized carbons (Fsp3) is 0.310. The first-order valence-electron chi connectivity index (χ1n) is 23.1. The zero-order valence-corrected chi connectivity index (χ0v) is 38.0. The summed E-state index contributed by atoms with van der Waals surface area (Å²) in [6.07, 6.45) is 0. The molecule has 0 N–H and O–H groups in total. The normalized spacial score (nSPS) is 13.5. The Morgan fingerprint density at radius 2 is 0.633 bits per heavy atom. The fourth-order valence-corrected chi connectivity index (χ4v) is 11.6. The van der Waals surface area contributed by atoms with E-state index in [1.54, 1.807) is 0 Å². The largest absolute Gasteiger partial charge is 0.243 e. The standard InChI is InChI=1S/C58H60B2/c1-31(2)39-25-45(33(5)6)57(46(26-39)34(7)8)59-49-19-15-13-17-41(49)43-23-22-38-30-52-56-44(24-21-37-29-51(59)55(43)53(38)54(37)56)42-18-14-16-20-50(42)60(52)58-47(35(9)10)27-40(32(3)4)28-48(58)36(11)12/h13-36H,1-12H3. The van der Waals surface area contributed by atoms with Gasteiger partial charge in [-0.1, -0.05) is 225 Å². The summed E-state index contributed by atoms with van der Waals surface area (Å²) in [5.74, 6) is 2.57. The van der Waals surface area contributed by atoms with Crippen LogP contribution in [0.2, 0.25) is 0 Å². The van der Waals surface area contributed by atoms with Gasteiger partial charge in [0.05, 0.1) is 0 Å². The highest BCUT2D eigenvalue weighted by atomic mass is 14.3. The lowest BCUT2D eigenvalue weighted by Crippen LogP contribution is -2.58. The van der Waals surface area contributed by atoms with E-state index in [0.717, 1.165) is 0 Å². The van der Waals surface area contributed by atoms with Gasteiger partial charge in [0.2, 0.25) is 13.4 Å². The molecule has 2 aliphatic heterocycles. The van der Waals surface area contributed by atoms with Gasteiger partial charge in [0, 0.05) is 0 Å². The molecule has 2 heteroatoms. The third kappa shape index (κ3) is 5.65. The summed E-state index contributed by atoms with van der Waals surface area (Å²) < 4.78 is 0. The van der Waals surface area contributed by atoms with Crippen LogP contribution in [0.25, 0.3) is 54.6 Å². The third-order valence-corrected chi connectivity index (χ3v) is 14.6. The summed E-state index contributed by atoms with van der Waals surface area (Å²) in [6.45, 7) is 28.9. The van der Waals surface area contributed by atoms with Crippen LogP contribution in [-0.4, -0.2) is 13.4 Å². The second-order valence-electron chi connectivity index (χ2n) is 20.3. The van der Waals surface area contributed by atoms with Gasteiger partial charge in [-0.25, -0.2) is 0 Å². The van der Waals surface area contributed by atoms with Gasteiger partial charge in [0.15, 0.2) is 0 Å². The van der Waals surface area contributed by atoms with Crippen molar-refractivity contribution in [2.24, 2.45) is 0 Å². The average Bonchev–Trinajstić information content (AvgIpc) is 3.23. The van der Waals surface area contributed by atoms with Crippen LogP contribution in [0.4, 0.5) is 0 Å². The Balaban J connectivity index is 1.35. The maximum absolute atomic E-state index is 2.63. The number of hydrogen-bond donors (Lipinski definition) is 0. The maximum Gasteiger partial charge on any atom is 0.243 e. The highest BCUT2D eigenvalue weighted by Gasteiger charge is 2.40. The van der Waals surface area contributed by atoms with E-state index in [9.17, 15) is 0 Å². The van der Waals surface area contributed by atoms with Gasteiger partial charge >= 0.3 is 0 Å². The molecule has 0 saturated carbocycles. The van der Waals surface area contributed by atoms with E-state index in [-0.39, 0.29) is 13.4 Å².